The van der Waals surface area contributed by atoms with Crippen molar-refractivity contribution >= 4 is 29.0 Å². The van der Waals surface area contributed by atoms with Crippen LogP contribution < -0.4 is 20.9 Å². The minimum atomic E-state index is -0.335. The molecule has 2 aromatic carbocycles. The number of nitrogens with one attached hydrogen (secondary N) is 3. The molecule has 3 amide bonds. The van der Waals surface area contributed by atoms with Crippen LogP contribution in [0.25, 0.3) is 0 Å². The highest BCUT2D eigenvalue weighted by Gasteiger charge is 2.22. The fourth-order valence-electron chi connectivity index (χ4n) is 4.30. The number of aryl methyl sites for hydroxylation is 1. The predicted molar refractivity (Wildman–Crippen MR) is 128 cm³/mol. The van der Waals surface area contributed by atoms with Crippen molar-refractivity contribution in [3.8, 4) is 0 Å². The van der Waals surface area contributed by atoms with E-state index in [-0.39, 0.29) is 18.0 Å². The van der Waals surface area contributed by atoms with E-state index >= 15 is 0 Å². The second-order valence-electron chi connectivity index (χ2n) is 8.40. The normalized spacial score (nSPS) is 17.9. The monoisotopic (exact) mass is 436 g/mol. The molecular formula is C25H32N4O3. The SMILES string of the molecule is CCc1cccc(NC(=O)Nc2ccc(N3CCCC3)c(C(=O)NCC3CCCO3)c2)c1. The summed E-state index contributed by atoms with van der Waals surface area (Å²) < 4.78 is 5.63. The van der Waals surface area contributed by atoms with Crippen molar-refractivity contribution in [1.82, 2.24) is 5.32 Å². The van der Waals surface area contributed by atoms with E-state index in [9.17, 15) is 9.59 Å². The number of hydrogen-bond acceptors (Lipinski definition) is 4. The molecule has 32 heavy (non-hydrogen) atoms. The standard InChI is InChI=1S/C25H32N4O3/c1-2-18-7-5-8-19(15-18)27-25(31)28-20-10-11-23(29-12-3-4-13-29)22(16-20)24(30)26-17-21-9-6-14-32-21/h5,7-8,10-11,15-16,21H,2-4,6,9,12-14,17H2,1H3,(H,26,30)(H2,27,28,31). The Bertz CT molecular complexity index is 950. The maximum atomic E-state index is 13.1. The number of rotatable bonds is 7. The second-order valence-corrected chi connectivity index (χ2v) is 8.40. The number of benzene rings is 2. The van der Waals surface area contributed by atoms with E-state index in [1.54, 1.807) is 6.07 Å². The van der Waals surface area contributed by atoms with Crippen molar-refractivity contribution in [3.63, 3.8) is 0 Å². The number of nitrogens with zero attached hydrogens (tertiary/aromatic N) is 1. The van der Waals surface area contributed by atoms with Gasteiger partial charge in [0.15, 0.2) is 0 Å². The lowest BCUT2D eigenvalue weighted by atomic mass is 10.1. The highest BCUT2D eigenvalue weighted by molar-refractivity contribution is 6.04. The minimum absolute atomic E-state index is 0.0835. The van der Waals surface area contributed by atoms with Crippen LogP contribution in [0.5, 0.6) is 0 Å². The molecule has 2 saturated heterocycles. The number of ether oxygens (including phenoxy) is 1. The average Bonchev–Trinajstić information content (AvgIpc) is 3.52. The molecule has 2 aliphatic heterocycles. The summed E-state index contributed by atoms with van der Waals surface area (Å²) in [5.41, 5.74) is 3.97. The number of carbonyl (C=O) groups is 2. The third kappa shape index (κ3) is 5.59. The van der Waals surface area contributed by atoms with Crippen LogP contribution in [0, 0.1) is 0 Å². The second kappa shape index (κ2) is 10.5. The Morgan fingerprint density at radius 1 is 1.03 bits per heavy atom. The zero-order valence-electron chi connectivity index (χ0n) is 18.7. The van der Waals surface area contributed by atoms with Crippen molar-refractivity contribution in [2.24, 2.45) is 0 Å². The van der Waals surface area contributed by atoms with Crippen LogP contribution in [0.15, 0.2) is 42.5 Å². The van der Waals surface area contributed by atoms with Gasteiger partial charge in [-0.15, -0.1) is 0 Å². The van der Waals surface area contributed by atoms with E-state index < -0.39 is 0 Å². The van der Waals surface area contributed by atoms with Gasteiger partial charge in [-0.25, -0.2) is 4.79 Å². The summed E-state index contributed by atoms with van der Waals surface area (Å²) in [5.74, 6) is -0.137. The first kappa shape index (κ1) is 22.1. The molecule has 0 aliphatic carbocycles. The molecule has 1 atom stereocenters. The molecule has 170 valence electrons. The average molecular weight is 437 g/mol. The Morgan fingerprint density at radius 3 is 2.53 bits per heavy atom. The van der Waals surface area contributed by atoms with Crippen LogP contribution in [0.1, 0.15) is 48.5 Å². The van der Waals surface area contributed by atoms with Gasteiger partial charge in [-0.1, -0.05) is 19.1 Å². The summed E-state index contributed by atoms with van der Waals surface area (Å²) in [6, 6.07) is 13.0. The van der Waals surface area contributed by atoms with E-state index in [0.717, 1.165) is 68.7 Å². The van der Waals surface area contributed by atoms with Gasteiger partial charge in [0.2, 0.25) is 0 Å². The van der Waals surface area contributed by atoms with Gasteiger partial charge >= 0.3 is 6.03 Å². The van der Waals surface area contributed by atoms with Crippen LogP contribution in [0.2, 0.25) is 0 Å². The summed E-state index contributed by atoms with van der Waals surface area (Å²) in [5, 5.41) is 8.75. The highest BCUT2D eigenvalue weighted by Crippen LogP contribution is 2.28. The zero-order valence-corrected chi connectivity index (χ0v) is 18.7. The smallest absolute Gasteiger partial charge is 0.323 e. The maximum Gasteiger partial charge on any atom is 0.323 e. The van der Waals surface area contributed by atoms with Gasteiger partial charge in [0.25, 0.3) is 5.91 Å². The maximum absolute atomic E-state index is 13.1. The number of carbonyl (C=O) groups excluding carboxylic acids is 2. The molecule has 2 fully saturated rings. The van der Waals surface area contributed by atoms with E-state index in [2.05, 4.69) is 27.8 Å². The van der Waals surface area contributed by atoms with Crippen LogP contribution in [-0.2, 0) is 11.2 Å². The molecule has 2 aliphatic rings. The largest absolute Gasteiger partial charge is 0.376 e. The molecule has 0 aromatic heterocycles. The van der Waals surface area contributed by atoms with Gasteiger partial charge in [-0.05, 0) is 68.0 Å². The van der Waals surface area contributed by atoms with Crippen LogP contribution in [-0.4, -0.2) is 44.3 Å². The lowest BCUT2D eigenvalue weighted by Crippen LogP contribution is -2.33. The van der Waals surface area contributed by atoms with Gasteiger partial charge < -0.3 is 25.6 Å². The van der Waals surface area contributed by atoms with Gasteiger partial charge in [-0.2, -0.15) is 0 Å². The van der Waals surface area contributed by atoms with Crippen LogP contribution in [0.4, 0.5) is 21.9 Å². The number of anilines is 3. The molecule has 0 radical (unpaired) electrons. The number of urea groups is 1. The Labute approximate surface area is 189 Å². The third-order valence-corrected chi connectivity index (χ3v) is 6.05. The molecule has 7 heteroatoms. The van der Waals surface area contributed by atoms with Crippen molar-refractivity contribution < 1.29 is 14.3 Å². The Morgan fingerprint density at radius 2 is 1.81 bits per heavy atom. The molecule has 0 saturated carbocycles. The zero-order chi connectivity index (χ0) is 22.3. The Hall–Kier alpha value is -3.06. The first-order chi connectivity index (χ1) is 15.6. The molecule has 2 aromatic rings. The summed E-state index contributed by atoms with van der Waals surface area (Å²) in [4.78, 5) is 27.8. The fraction of sp³-hybridized carbons (Fsp3) is 0.440. The quantitative estimate of drug-likeness (QED) is 0.601. The molecule has 3 N–H and O–H groups in total. The molecule has 7 nitrogen and oxygen atoms in total. The first-order valence-corrected chi connectivity index (χ1v) is 11.6. The third-order valence-electron chi connectivity index (χ3n) is 6.05. The summed E-state index contributed by atoms with van der Waals surface area (Å²) in [7, 11) is 0. The Kier molecular flexibility index (Phi) is 7.27. The van der Waals surface area contributed by atoms with Crippen molar-refractivity contribution in [3.05, 3.63) is 53.6 Å². The highest BCUT2D eigenvalue weighted by atomic mass is 16.5. The van der Waals surface area contributed by atoms with Crippen molar-refractivity contribution in [1.29, 1.82) is 0 Å². The van der Waals surface area contributed by atoms with Gasteiger partial charge in [0.1, 0.15) is 0 Å². The fourth-order valence-corrected chi connectivity index (χ4v) is 4.30. The summed E-state index contributed by atoms with van der Waals surface area (Å²) >= 11 is 0. The minimum Gasteiger partial charge on any atom is -0.376 e. The topological polar surface area (TPSA) is 82.7 Å². The van der Waals surface area contributed by atoms with Gasteiger partial charge in [0.05, 0.1) is 11.7 Å². The first-order valence-electron chi connectivity index (χ1n) is 11.6. The van der Waals surface area contributed by atoms with E-state index in [4.69, 9.17) is 4.74 Å². The summed E-state index contributed by atoms with van der Waals surface area (Å²) in [6.07, 6.45) is 5.24. The van der Waals surface area contributed by atoms with Crippen molar-refractivity contribution in [2.75, 3.05) is 41.8 Å². The van der Waals surface area contributed by atoms with Gasteiger partial charge in [-0.3, -0.25) is 4.79 Å². The van der Waals surface area contributed by atoms with E-state index in [0.29, 0.717) is 17.8 Å². The number of amides is 3. The molecule has 0 spiro atoms. The van der Waals surface area contributed by atoms with Crippen LogP contribution in [0.3, 0.4) is 0 Å². The van der Waals surface area contributed by atoms with Crippen molar-refractivity contribution in [2.45, 2.75) is 45.1 Å². The van der Waals surface area contributed by atoms with E-state index in [1.807, 2.05) is 36.4 Å². The molecule has 1 unspecified atom stereocenters. The number of hydrogen-bond donors (Lipinski definition) is 3. The van der Waals surface area contributed by atoms with E-state index in [1.165, 1.54) is 0 Å². The van der Waals surface area contributed by atoms with Crippen LogP contribution >= 0.6 is 0 Å². The lowest BCUT2D eigenvalue weighted by Gasteiger charge is -2.22. The Balaban J connectivity index is 1.47. The summed E-state index contributed by atoms with van der Waals surface area (Å²) in [6.45, 7) is 5.21. The molecule has 4 rings (SSSR count). The van der Waals surface area contributed by atoms with Gasteiger partial charge in [0, 0.05) is 43.3 Å². The predicted octanol–water partition coefficient (Wildman–Crippen LogP) is 4.40. The lowest BCUT2D eigenvalue weighted by molar-refractivity contribution is 0.0858. The molecular weight excluding hydrogens is 404 g/mol. The molecule has 2 heterocycles. The molecule has 0 bridgehead atoms.